The Morgan fingerprint density at radius 2 is 2.00 bits per heavy atom. The minimum Gasteiger partial charge on any atom is -0.365 e. The number of nitrogens with zero attached hydrogens (tertiary/aromatic N) is 6. The van der Waals surface area contributed by atoms with Gasteiger partial charge in [0.1, 0.15) is 11.4 Å². The van der Waals surface area contributed by atoms with E-state index < -0.39 is 5.91 Å². The number of hydrogen-bond donors (Lipinski definition) is 3. The molecule has 10 nitrogen and oxygen atoms in total. The molecule has 0 atom stereocenters. The van der Waals surface area contributed by atoms with Gasteiger partial charge in [0.2, 0.25) is 0 Å². The average molecular weight is 403 g/mol. The maximum atomic E-state index is 11.9. The fourth-order valence-electron chi connectivity index (χ4n) is 3.21. The van der Waals surface area contributed by atoms with Gasteiger partial charge in [0.05, 0.1) is 29.5 Å². The normalized spacial score (nSPS) is 15.4. The van der Waals surface area contributed by atoms with Crippen molar-refractivity contribution in [2.45, 2.75) is 32.6 Å². The second-order valence-electron chi connectivity index (χ2n) is 6.99. The number of amides is 1. The van der Waals surface area contributed by atoms with E-state index in [9.17, 15) is 4.79 Å². The van der Waals surface area contributed by atoms with Gasteiger partial charge >= 0.3 is 0 Å². The molecular formula is C20H21N9O. The van der Waals surface area contributed by atoms with Crippen molar-refractivity contribution in [1.82, 2.24) is 25.0 Å². The fourth-order valence-corrected chi connectivity index (χ4v) is 3.21. The van der Waals surface area contributed by atoms with Crippen LogP contribution in [-0.4, -0.2) is 42.3 Å². The van der Waals surface area contributed by atoms with Crippen LogP contribution < -0.4 is 11.1 Å². The van der Waals surface area contributed by atoms with Crippen molar-refractivity contribution in [3.8, 4) is 5.69 Å². The average Bonchev–Trinajstić information content (AvgIpc) is 3.26. The molecule has 2 aromatic heterocycles. The first-order valence-corrected chi connectivity index (χ1v) is 9.58. The van der Waals surface area contributed by atoms with Gasteiger partial charge in [-0.1, -0.05) is 6.07 Å². The molecule has 3 aromatic rings. The molecule has 1 aromatic carbocycles. The summed E-state index contributed by atoms with van der Waals surface area (Å²) in [6.07, 6.45) is 7.96. The number of nitrogens with one attached hydrogen (secondary N) is 2. The Labute approximate surface area is 172 Å². The van der Waals surface area contributed by atoms with Gasteiger partial charge in [0.15, 0.2) is 0 Å². The maximum absolute atomic E-state index is 11.9. The number of anilines is 2. The van der Waals surface area contributed by atoms with E-state index in [1.54, 1.807) is 12.4 Å². The van der Waals surface area contributed by atoms with Crippen LogP contribution in [0.15, 0.2) is 41.8 Å². The zero-order valence-corrected chi connectivity index (χ0v) is 16.5. The van der Waals surface area contributed by atoms with Gasteiger partial charge in [-0.3, -0.25) is 4.79 Å². The summed E-state index contributed by atoms with van der Waals surface area (Å²) >= 11 is 0. The number of aliphatic imine (C=N–C) groups is 1. The Hall–Kier alpha value is -3.95. The van der Waals surface area contributed by atoms with Crippen molar-refractivity contribution in [2.24, 2.45) is 10.7 Å². The third-order valence-electron chi connectivity index (χ3n) is 4.82. The molecule has 2 heterocycles. The van der Waals surface area contributed by atoms with E-state index in [2.05, 4.69) is 30.5 Å². The Bertz CT molecular complexity index is 1140. The fraction of sp³-hybridized carbons (Fsp3) is 0.250. The third kappa shape index (κ3) is 4.07. The van der Waals surface area contributed by atoms with Crippen LogP contribution in [0.5, 0.6) is 0 Å². The molecular weight excluding hydrogens is 382 g/mol. The van der Waals surface area contributed by atoms with E-state index in [-0.39, 0.29) is 17.3 Å². The van der Waals surface area contributed by atoms with Gasteiger partial charge in [-0.05, 0) is 50.3 Å². The van der Waals surface area contributed by atoms with Crippen LogP contribution >= 0.6 is 0 Å². The molecule has 0 spiro atoms. The molecule has 1 saturated carbocycles. The summed E-state index contributed by atoms with van der Waals surface area (Å²) in [6.45, 7) is 1.95. The van der Waals surface area contributed by atoms with E-state index in [0.29, 0.717) is 23.5 Å². The SMILES string of the molecule is Cc1ccc(Nc2nc(N=C3CCCCC3=N)ncc2C(N)=O)cc1-n1nccn1. The number of aryl methyl sites for hydroxylation is 1. The molecule has 1 fully saturated rings. The van der Waals surface area contributed by atoms with Gasteiger partial charge in [0, 0.05) is 11.9 Å². The quantitative estimate of drug-likeness (QED) is 0.596. The van der Waals surface area contributed by atoms with Crippen LogP contribution in [0.1, 0.15) is 41.6 Å². The van der Waals surface area contributed by atoms with Gasteiger partial charge < -0.3 is 16.5 Å². The van der Waals surface area contributed by atoms with E-state index in [0.717, 1.165) is 30.5 Å². The Morgan fingerprint density at radius 1 is 1.23 bits per heavy atom. The molecule has 4 N–H and O–H groups in total. The number of primary amides is 1. The van der Waals surface area contributed by atoms with Crippen molar-refractivity contribution in [3.63, 3.8) is 0 Å². The van der Waals surface area contributed by atoms with Crippen LogP contribution in [0.4, 0.5) is 17.5 Å². The lowest BCUT2D eigenvalue weighted by Crippen LogP contribution is -2.18. The monoisotopic (exact) mass is 403 g/mol. The minimum absolute atomic E-state index is 0.150. The molecule has 1 amide bonds. The summed E-state index contributed by atoms with van der Waals surface area (Å²) in [5.41, 5.74) is 9.29. The Balaban J connectivity index is 1.69. The zero-order chi connectivity index (χ0) is 21.1. The predicted octanol–water partition coefficient (Wildman–Crippen LogP) is 2.87. The van der Waals surface area contributed by atoms with Crippen molar-refractivity contribution in [2.75, 3.05) is 5.32 Å². The predicted molar refractivity (Wildman–Crippen MR) is 113 cm³/mol. The number of hydrogen-bond acceptors (Lipinski definition) is 8. The third-order valence-corrected chi connectivity index (χ3v) is 4.82. The molecule has 0 radical (unpaired) electrons. The lowest BCUT2D eigenvalue weighted by Gasteiger charge is -2.14. The summed E-state index contributed by atoms with van der Waals surface area (Å²) in [5, 5.41) is 19.5. The number of rotatable bonds is 5. The van der Waals surface area contributed by atoms with Crippen molar-refractivity contribution in [3.05, 3.63) is 47.9 Å². The van der Waals surface area contributed by atoms with E-state index in [1.807, 2.05) is 25.1 Å². The van der Waals surface area contributed by atoms with Crippen LogP contribution in [0.3, 0.4) is 0 Å². The molecule has 4 rings (SSSR count). The smallest absolute Gasteiger partial charge is 0.254 e. The summed E-state index contributed by atoms with van der Waals surface area (Å²) in [5.74, 6) is -0.212. The van der Waals surface area contributed by atoms with E-state index in [1.165, 1.54) is 11.0 Å². The summed E-state index contributed by atoms with van der Waals surface area (Å²) in [7, 11) is 0. The Morgan fingerprint density at radius 3 is 2.73 bits per heavy atom. The van der Waals surface area contributed by atoms with E-state index in [4.69, 9.17) is 11.1 Å². The van der Waals surface area contributed by atoms with Gasteiger partial charge in [-0.2, -0.15) is 20.0 Å². The van der Waals surface area contributed by atoms with Crippen molar-refractivity contribution in [1.29, 1.82) is 5.41 Å². The molecule has 152 valence electrons. The first-order chi connectivity index (χ1) is 14.5. The van der Waals surface area contributed by atoms with Gasteiger partial charge in [0.25, 0.3) is 11.9 Å². The van der Waals surface area contributed by atoms with E-state index >= 15 is 0 Å². The first kappa shape index (κ1) is 19.4. The highest BCUT2D eigenvalue weighted by Crippen LogP contribution is 2.24. The molecule has 1 aliphatic rings. The molecule has 0 bridgehead atoms. The molecule has 0 saturated heterocycles. The molecule has 0 unspecified atom stereocenters. The summed E-state index contributed by atoms with van der Waals surface area (Å²) < 4.78 is 0. The summed E-state index contributed by atoms with van der Waals surface area (Å²) in [6, 6.07) is 5.62. The van der Waals surface area contributed by atoms with Crippen LogP contribution in [0.2, 0.25) is 0 Å². The number of carbonyl (C=O) groups is 1. The lowest BCUT2D eigenvalue weighted by molar-refractivity contribution is 0.100. The van der Waals surface area contributed by atoms with Crippen LogP contribution in [0, 0.1) is 12.3 Å². The highest BCUT2D eigenvalue weighted by molar-refractivity contribution is 6.42. The Kier molecular flexibility index (Phi) is 5.29. The zero-order valence-electron chi connectivity index (χ0n) is 16.5. The maximum Gasteiger partial charge on any atom is 0.254 e. The minimum atomic E-state index is -0.650. The topological polar surface area (TPSA) is 148 Å². The summed E-state index contributed by atoms with van der Waals surface area (Å²) in [4.78, 5) is 26.4. The highest BCUT2D eigenvalue weighted by Gasteiger charge is 2.16. The second-order valence-corrected chi connectivity index (χ2v) is 6.99. The van der Waals surface area contributed by atoms with Crippen LogP contribution in [-0.2, 0) is 0 Å². The first-order valence-electron chi connectivity index (χ1n) is 9.58. The molecule has 1 aliphatic carbocycles. The van der Waals surface area contributed by atoms with Crippen LogP contribution in [0.25, 0.3) is 5.69 Å². The second kappa shape index (κ2) is 8.19. The number of benzene rings is 1. The molecule has 0 aliphatic heterocycles. The number of aromatic nitrogens is 5. The van der Waals surface area contributed by atoms with Gasteiger partial charge in [-0.15, -0.1) is 0 Å². The van der Waals surface area contributed by atoms with Gasteiger partial charge in [-0.25, -0.2) is 9.98 Å². The molecule has 10 heteroatoms. The number of nitrogens with two attached hydrogens (primary N) is 1. The lowest BCUT2D eigenvalue weighted by atomic mass is 9.96. The molecule has 30 heavy (non-hydrogen) atoms. The number of carbonyl (C=O) groups excluding carboxylic acids is 1. The largest absolute Gasteiger partial charge is 0.365 e. The van der Waals surface area contributed by atoms with Crippen molar-refractivity contribution >= 4 is 34.8 Å². The standard InChI is InChI=1S/C20H21N9O/c1-12-6-7-13(10-17(12)29-24-8-9-25-29)26-19-14(18(22)30)11-23-20(28-19)27-16-5-3-2-4-15(16)21/h6-11,21H,2-5H2,1H3,(H2,22,30)(H,23,26,28). The highest BCUT2D eigenvalue weighted by atomic mass is 16.1. The van der Waals surface area contributed by atoms with Crippen molar-refractivity contribution < 1.29 is 4.79 Å².